The van der Waals surface area contributed by atoms with Crippen LogP contribution < -0.4 is 21.7 Å². The van der Waals surface area contributed by atoms with Crippen LogP contribution >= 0.6 is 0 Å². The van der Waals surface area contributed by atoms with E-state index in [0.29, 0.717) is 12.8 Å². The molecule has 1 aliphatic rings. The van der Waals surface area contributed by atoms with E-state index in [2.05, 4.69) is 40.2 Å². The van der Waals surface area contributed by atoms with Gasteiger partial charge in [0, 0.05) is 20.0 Å². The molecule has 0 aliphatic heterocycles. The number of alkyl carbamates (subject to hydrolysis) is 1. The molecular formula is C26H37FN4O4. The highest BCUT2D eigenvalue weighted by Crippen LogP contribution is 2.44. The lowest BCUT2D eigenvalue weighted by molar-refractivity contribution is -0.123. The highest BCUT2D eigenvalue weighted by molar-refractivity contribution is 5.85. The second kappa shape index (κ2) is 15.4. The third-order valence-electron chi connectivity index (χ3n) is 5.63. The second-order valence-corrected chi connectivity index (χ2v) is 7.67. The fourth-order valence-electron chi connectivity index (χ4n) is 3.68. The Bertz CT molecular complexity index is 946. The molecule has 0 bridgehead atoms. The van der Waals surface area contributed by atoms with Crippen LogP contribution in [0.3, 0.4) is 0 Å². The molecule has 2 aromatic rings. The van der Waals surface area contributed by atoms with E-state index in [0.717, 1.165) is 11.1 Å². The molecule has 8 nitrogen and oxygen atoms in total. The van der Waals surface area contributed by atoms with E-state index in [1.54, 1.807) is 14.1 Å². The van der Waals surface area contributed by atoms with Crippen molar-refractivity contribution in [2.24, 2.45) is 5.73 Å². The SMILES string of the molecule is CCC(N)C(=O)NC.CCC(NC(=O)OCC1c2ccccc2-c2ccccc21)C(=O)NC.[2H]CF. The number of halogens is 1. The number of carbonyl (C=O) groups is 3. The summed E-state index contributed by atoms with van der Waals surface area (Å²) < 4.78 is 20.9. The first-order valence-electron chi connectivity index (χ1n) is 12.1. The molecule has 0 heterocycles. The predicted octanol–water partition coefficient (Wildman–Crippen LogP) is 3.11. The summed E-state index contributed by atoms with van der Waals surface area (Å²) in [7, 11) is 2.13. The molecular weight excluding hydrogens is 451 g/mol. The minimum absolute atomic E-state index is 0.0122. The van der Waals surface area contributed by atoms with Gasteiger partial charge in [-0.3, -0.25) is 14.0 Å². The Morgan fingerprint density at radius 3 is 1.86 bits per heavy atom. The summed E-state index contributed by atoms with van der Waals surface area (Å²) >= 11 is 0. The predicted molar refractivity (Wildman–Crippen MR) is 136 cm³/mol. The Labute approximate surface area is 208 Å². The number of hydrogen-bond acceptors (Lipinski definition) is 5. The molecule has 192 valence electrons. The number of carbonyl (C=O) groups excluding carboxylic acids is 3. The van der Waals surface area contributed by atoms with Gasteiger partial charge in [0.15, 0.2) is 0 Å². The number of benzene rings is 2. The summed E-state index contributed by atoms with van der Waals surface area (Å²) in [5.41, 5.74) is 10.0. The Kier molecular flexibility index (Phi) is 12.3. The van der Waals surface area contributed by atoms with Crippen LogP contribution in [0.1, 0.15) is 45.1 Å². The quantitative estimate of drug-likeness (QED) is 0.476. The topological polar surface area (TPSA) is 123 Å². The minimum Gasteiger partial charge on any atom is -0.449 e. The molecule has 5 N–H and O–H groups in total. The van der Waals surface area contributed by atoms with Crippen LogP contribution in [0.2, 0.25) is 0 Å². The van der Waals surface area contributed by atoms with Gasteiger partial charge in [-0.05, 0) is 35.1 Å². The maximum atomic E-state index is 12.1. The van der Waals surface area contributed by atoms with Crippen LogP contribution in [0, 0.1) is 0 Å². The van der Waals surface area contributed by atoms with Crippen molar-refractivity contribution < 1.29 is 24.9 Å². The average Bonchev–Trinajstić information content (AvgIpc) is 3.23. The zero-order chi connectivity index (χ0) is 27.1. The van der Waals surface area contributed by atoms with Crippen molar-refractivity contribution in [3.05, 3.63) is 59.7 Å². The van der Waals surface area contributed by atoms with Gasteiger partial charge >= 0.3 is 6.09 Å². The molecule has 1 aliphatic carbocycles. The molecule has 2 atom stereocenters. The monoisotopic (exact) mass is 489 g/mol. The molecule has 0 radical (unpaired) electrons. The number of ether oxygens (including phenoxy) is 1. The van der Waals surface area contributed by atoms with Gasteiger partial charge in [-0.15, -0.1) is 0 Å². The normalized spacial score (nSPS) is 13.1. The lowest BCUT2D eigenvalue weighted by Crippen LogP contribution is -2.45. The largest absolute Gasteiger partial charge is 0.449 e. The third kappa shape index (κ3) is 8.06. The smallest absolute Gasteiger partial charge is 0.407 e. The molecule has 2 aromatic carbocycles. The molecule has 2 unspecified atom stereocenters. The summed E-state index contributed by atoms with van der Waals surface area (Å²) in [6, 6.07) is 15.4. The number of rotatable bonds is 7. The van der Waals surface area contributed by atoms with Crippen molar-refractivity contribution in [3.63, 3.8) is 0 Å². The van der Waals surface area contributed by atoms with E-state index in [1.807, 2.05) is 38.1 Å². The van der Waals surface area contributed by atoms with Crippen molar-refractivity contribution in [1.82, 2.24) is 16.0 Å². The molecule has 0 fully saturated rings. The lowest BCUT2D eigenvalue weighted by atomic mass is 9.98. The van der Waals surface area contributed by atoms with Gasteiger partial charge in [0.25, 0.3) is 0 Å². The van der Waals surface area contributed by atoms with Crippen LogP contribution in [0.25, 0.3) is 11.1 Å². The first-order chi connectivity index (χ1) is 17.3. The summed E-state index contributed by atoms with van der Waals surface area (Å²) in [5, 5.41) is 7.60. The number of hydrogen-bond donors (Lipinski definition) is 4. The molecule has 9 heteroatoms. The molecule has 0 spiro atoms. The fourth-order valence-corrected chi connectivity index (χ4v) is 3.68. The molecule has 0 saturated heterocycles. The molecule has 0 aromatic heterocycles. The summed E-state index contributed by atoms with van der Waals surface area (Å²) in [4.78, 5) is 34.3. The molecule has 3 amide bonds. The van der Waals surface area contributed by atoms with Crippen LogP contribution in [-0.4, -0.2) is 57.8 Å². The summed E-state index contributed by atoms with van der Waals surface area (Å²) in [6.45, 7) is 3.95. The van der Waals surface area contributed by atoms with E-state index < -0.39 is 19.3 Å². The van der Waals surface area contributed by atoms with Gasteiger partial charge in [0.2, 0.25) is 11.8 Å². The second-order valence-electron chi connectivity index (χ2n) is 7.67. The zero-order valence-corrected chi connectivity index (χ0v) is 20.8. The number of alkyl halides is 1. The van der Waals surface area contributed by atoms with E-state index >= 15 is 0 Å². The van der Waals surface area contributed by atoms with Crippen molar-refractivity contribution in [1.29, 1.82) is 0 Å². The maximum absolute atomic E-state index is 12.1. The van der Waals surface area contributed by atoms with E-state index in [1.165, 1.54) is 11.1 Å². The first kappa shape index (κ1) is 27.8. The standard InChI is InChI=1S/C20H22N2O3.C5H12N2O.CH3F/c1-3-18(19(23)21-2)22-20(24)25-12-17-15-10-6-4-8-13(15)14-9-5-7-11-16(14)17;1-3-4(6)5(8)7-2;1-2/h4-11,17-18H,3,12H2,1-2H3,(H,21,23)(H,22,24);4H,3,6H2,1-2H3,(H,7,8);1H3/i;;1D. The van der Waals surface area contributed by atoms with Gasteiger partial charge in [0.05, 0.1) is 14.6 Å². The van der Waals surface area contributed by atoms with Gasteiger partial charge in [-0.1, -0.05) is 62.4 Å². The molecule has 35 heavy (non-hydrogen) atoms. The number of nitrogens with one attached hydrogen (secondary N) is 3. The fraction of sp³-hybridized carbons (Fsp3) is 0.423. The zero-order valence-electron chi connectivity index (χ0n) is 21.8. The average molecular weight is 490 g/mol. The van der Waals surface area contributed by atoms with Crippen molar-refractivity contribution in [3.8, 4) is 11.1 Å². The van der Waals surface area contributed by atoms with E-state index in [4.69, 9.17) is 11.8 Å². The Morgan fingerprint density at radius 2 is 1.46 bits per heavy atom. The Balaban J connectivity index is 0.000000498. The highest BCUT2D eigenvalue weighted by Gasteiger charge is 2.29. The van der Waals surface area contributed by atoms with Crippen molar-refractivity contribution in [2.45, 2.75) is 44.7 Å². The number of amides is 3. The van der Waals surface area contributed by atoms with Gasteiger partial charge in [-0.2, -0.15) is 0 Å². The van der Waals surface area contributed by atoms with Crippen LogP contribution in [0.15, 0.2) is 48.5 Å². The third-order valence-corrected chi connectivity index (χ3v) is 5.63. The van der Waals surface area contributed by atoms with Gasteiger partial charge in [0.1, 0.15) is 12.6 Å². The summed E-state index contributed by atoms with van der Waals surface area (Å²) in [5.74, 6) is -0.304. The Hall–Kier alpha value is -3.46. The van der Waals surface area contributed by atoms with Crippen LogP contribution in [0.4, 0.5) is 9.18 Å². The molecule has 3 rings (SSSR count). The molecule has 0 saturated carbocycles. The lowest BCUT2D eigenvalue weighted by Gasteiger charge is -2.18. The van der Waals surface area contributed by atoms with Crippen molar-refractivity contribution in [2.75, 3.05) is 27.9 Å². The maximum Gasteiger partial charge on any atom is 0.407 e. The van der Waals surface area contributed by atoms with Crippen LogP contribution in [0.5, 0.6) is 0 Å². The van der Waals surface area contributed by atoms with E-state index in [9.17, 15) is 18.8 Å². The minimum atomic E-state index is -1.00. The van der Waals surface area contributed by atoms with E-state index in [-0.39, 0.29) is 30.4 Å². The highest BCUT2D eigenvalue weighted by atomic mass is 19.1. The van der Waals surface area contributed by atoms with Crippen LogP contribution in [-0.2, 0) is 14.3 Å². The summed E-state index contributed by atoms with van der Waals surface area (Å²) in [6.07, 6.45) is 0.626. The number of likely N-dealkylation sites (N-methyl/N-ethyl adjacent to an activating group) is 2. The van der Waals surface area contributed by atoms with Gasteiger partial charge < -0.3 is 26.4 Å². The van der Waals surface area contributed by atoms with Crippen molar-refractivity contribution >= 4 is 17.9 Å². The number of nitrogens with two attached hydrogens (primary N) is 1. The Morgan fingerprint density at radius 1 is 0.971 bits per heavy atom. The first-order valence-corrected chi connectivity index (χ1v) is 11.4. The number of fused-ring (bicyclic) bond motifs is 3. The van der Waals surface area contributed by atoms with Gasteiger partial charge in [-0.25, -0.2) is 4.79 Å².